The molecule has 1 aromatic heterocycles. The summed E-state index contributed by atoms with van der Waals surface area (Å²) in [6.45, 7) is 1.44. The number of azo groups is 1. The molecule has 2 rings (SSSR count). The normalized spacial score (nSPS) is 10.5. The predicted molar refractivity (Wildman–Crippen MR) is 73.1 cm³/mol. The number of aromatic amines is 1. The average Bonchev–Trinajstić information content (AvgIpc) is 2.47. The van der Waals surface area contributed by atoms with Gasteiger partial charge in [-0.1, -0.05) is 12.1 Å². The van der Waals surface area contributed by atoms with Crippen molar-refractivity contribution in [3.05, 3.63) is 51.3 Å². The van der Waals surface area contributed by atoms with Crippen LogP contribution in [0.15, 0.2) is 39.3 Å². The van der Waals surface area contributed by atoms with E-state index in [4.69, 9.17) is 5.26 Å². The van der Waals surface area contributed by atoms with E-state index in [0.717, 1.165) is 0 Å². The molecule has 8 heteroatoms. The molecule has 8 nitrogen and oxygen atoms in total. The number of nitrogens with one attached hydrogen (secondary N) is 1. The van der Waals surface area contributed by atoms with E-state index >= 15 is 0 Å². The molecule has 0 aliphatic rings. The SMILES string of the molecule is Cc1c(C#N)c(O)[nH]c(=O)c1N=Nc1cccc(C(=O)[O-])c1. The third-order valence-corrected chi connectivity index (χ3v) is 2.87. The lowest BCUT2D eigenvalue weighted by molar-refractivity contribution is -0.255. The largest absolute Gasteiger partial charge is 0.545 e. The highest BCUT2D eigenvalue weighted by Crippen LogP contribution is 2.24. The summed E-state index contributed by atoms with van der Waals surface area (Å²) in [4.78, 5) is 24.6. The van der Waals surface area contributed by atoms with Crippen LogP contribution >= 0.6 is 0 Å². The van der Waals surface area contributed by atoms with Crippen molar-refractivity contribution >= 4 is 17.3 Å². The van der Waals surface area contributed by atoms with Gasteiger partial charge in [0.1, 0.15) is 11.6 Å². The minimum Gasteiger partial charge on any atom is -0.545 e. The summed E-state index contributed by atoms with van der Waals surface area (Å²) in [6, 6.07) is 7.25. The maximum Gasteiger partial charge on any atom is 0.278 e. The lowest BCUT2D eigenvalue weighted by Gasteiger charge is -2.03. The minimum atomic E-state index is -1.36. The molecule has 0 bridgehead atoms. The number of aromatic carboxylic acids is 1. The molecule has 1 heterocycles. The summed E-state index contributed by atoms with van der Waals surface area (Å²) in [5, 5.41) is 36.6. The first-order valence-corrected chi connectivity index (χ1v) is 6.03. The second-order valence-corrected chi connectivity index (χ2v) is 4.30. The number of aromatic nitrogens is 1. The second kappa shape index (κ2) is 5.88. The number of nitriles is 1. The highest BCUT2D eigenvalue weighted by molar-refractivity contribution is 5.86. The van der Waals surface area contributed by atoms with Crippen molar-refractivity contribution in [2.24, 2.45) is 10.2 Å². The molecule has 0 amide bonds. The van der Waals surface area contributed by atoms with Gasteiger partial charge in [-0.3, -0.25) is 9.78 Å². The summed E-state index contributed by atoms with van der Waals surface area (Å²) in [5.74, 6) is -1.90. The van der Waals surface area contributed by atoms with E-state index in [9.17, 15) is 19.8 Å². The number of carboxylic acids is 1. The number of nitrogens with zero attached hydrogens (tertiary/aromatic N) is 3. The smallest absolute Gasteiger partial charge is 0.278 e. The van der Waals surface area contributed by atoms with Crippen molar-refractivity contribution < 1.29 is 15.0 Å². The Hall–Kier alpha value is -3.47. The molecule has 0 unspecified atom stereocenters. The first kappa shape index (κ1) is 14.9. The van der Waals surface area contributed by atoms with Gasteiger partial charge in [0.05, 0.1) is 11.7 Å². The Morgan fingerprint density at radius 1 is 1.41 bits per heavy atom. The van der Waals surface area contributed by atoms with Crippen LogP contribution in [0.1, 0.15) is 21.5 Å². The molecule has 0 saturated carbocycles. The molecule has 2 N–H and O–H groups in total. The lowest BCUT2D eigenvalue weighted by atomic mass is 10.1. The monoisotopic (exact) mass is 297 g/mol. The van der Waals surface area contributed by atoms with E-state index in [-0.39, 0.29) is 28.1 Å². The number of benzene rings is 1. The quantitative estimate of drug-likeness (QED) is 0.814. The van der Waals surface area contributed by atoms with Crippen LogP contribution in [0.2, 0.25) is 0 Å². The van der Waals surface area contributed by atoms with Gasteiger partial charge in [0, 0.05) is 5.56 Å². The van der Waals surface area contributed by atoms with Crippen molar-refractivity contribution in [1.82, 2.24) is 4.98 Å². The van der Waals surface area contributed by atoms with Gasteiger partial charge in [-0.05, 0) is 24.6 Å². The maximum absolute atomic E-state index is 11.7. The fourth-order valence-electron chi connectivity index (χ4n) is 1.76. The van der Waals surface area contributed by atoms with Crippen LogP contribution in [-0.2, 0) is 0 Å². The number of rotatable bonds is 3. The Bertz CT molecular complexity index is 877. The molecule has 0 aliphatic heterocycles. The number of carbonyl (C=O) groups is 1. The number of pyridine rings is 1. The number of carbonyl (C=O) groups excluding carboxylic acids is 1. The van der Waals surface area contributed by atoms with E-state index in [2.05, 4.69) is 15.2 Å². The Balaban J connectivity index is 2.48. The van der Waals surface area contributed by atoms with Crippen LogP contribution in [0, 0.1) is 18.3 Å². The first-order valence-electron chi connectivity index (χ1n) is 6.03. The molecule has 0 radical (unpaired) electrons. The Morgan fingerprint density at radius 3 is 2.77 bits per heavy atom. The fourth-order valence-corrected chi connectivity index (χ4v) is 1.76. The summed E-state index contributed by atoms with van der Waals surface area (Å²) in [6.07, 6.45) is 0. The zero-order valence-corrected chi connectivity index (χ0v) is 11.3. The van der Waals surface area contributed by atoms with Gasteiger partial charge < -0.3 is 15.0 Å². The number of carboxylic acid groups (broad SMARTS) is 1. The Kier molecular flexibility index (Phi) is 3.99. The maximum atomic E-state index is 11.7. The lowest BCUT2D eigenvalue weighted by Crippen LogP contribution is -2.21. The second-order valence-electron chi connectivity index (χ2n) is 4.30. The molecule has 0 aliphatic carbocycles. The standard InChI is InChI=1S/C14H10N4O4/c1-7-10(6-15)12(19)16-13(20)11(7)18-17-9-4-2-3-8(5-9)14(21)22/h2-5H,1H3,(H,21,22)(H2,16,19,20)/p-1. The van der Waals surface area contributed by atoms with Crippen LogP contribution in [0.25, 0.3) is 0 Å². The highest BCUT2D eigenvalue weighted by Gasteiger charge is 2.13. The predicted octanol–water partition coefficient (Wildman–Crippen LogP) is 1.04. The van der Waals surface area contributed by atoms with Crippen molar-refractivity contribution in [3.8, 4) is 11.9 Å². The van der Waals surface area contributed by atoms with Crippen LogP contribution in [0.4, 0.5) is 11.4 Å². The molecule has 1 aromatic carbocycles. The number of H-pyrrole nitrogens is 1. The number of hydrogen-bond donors (Lipinski definition) is 2. The van der Waals surface area contributed by atoms with Crippen LogP contribution in [0.5, 0.6) is 5.88 Å². The Labute approximate surface area is 124 Å². The molecule has 2 aromatic rings. The van der Waals surface area contributed by atoms with Gasteiger partial charge >= 0.3 is 0 Å². The van der Waals surface area contributed by atoms with Crippen molar-refractivity contribution in [2.75, 3.05) is 0 Å². The van der Waals surface area contributed by atoms with E-state index in [1.54, 1.807) is 6.07 Å². The Morgan fingerprint density at radius 2 is 2.14 bits per heavy atom. The number of aromatic hydroxyl groups is 1. The zero-order chi connectivity index (χ0) is 16.3. The molecule has 0 saturated heterocycles. The molecular formula is C14H9N4O4-. The minimum absolute atomic E-state index is 0.0782. The van der Waals surface area contributed by atoms with Gasteiger partial charge in [-0.25, -0.2) is 0 Å². The van der Waals surface area contributed by atoms with Crippen LogP contribution in [-0.4, -0.2) is 16.1 Å². The molecule has 110 valence electrons. The fraction of sp³-hybridized carbons (Fsp3) is 0.0714. The van der Waals surface area contributed by atoms with Crippen molar-refractivity contribution in [2.45, 2.75) is 6.92 Å². The summed E-state index contributed by atoms with van der Waals surface area (Å²) in [7, 11) is 0. The van der Waals surface area contributed by atoms with Crippen LogP contribution < -0.4 is 10.7 Å². The van der Waals surface area contributed by atoms with E-state index < -0.39 is 17.4 Å². The van der Waals surface area contributed by atoms with E-state index in [1.165, 1.54) is 31.2 Å². The third kappa shape index (κ3) is 2.83. The topological polar surface area (TPSA) is 142 Å². The molecule has 22 heavy (non-hydrogen) atoms. The van der Waals surface area contributed by atoms with Gasteiger partial charge in [0.15, 0.2) is 5.69 Å². The van der Waals surface area contributed by atoms with Gasteiger partial charge in [-0.2, -0.15) is 10.4 Å². The van der Waals surface area contributed by atoms with Gasteiger partial charge in [0.25, 0.3) is 5.56 Å². The first-order chi connectivity index (χ1) is 10.4. The summed E-state index contributed by atoms with van der Waals surface area (Å²) in [5.41, 5.74) is -0.680. The summed E-state index contributed by atoms with van der Waals surface area (Å²) >= 11 is 0. The molecular weight excluding hydrogens is 288 g/mol. The highest BCUT2D eigenvalue weighted by atomic mass is 16.4. The van der Waals surface area contributed by atoms with Gasteiger partial charge in [0.2, 0.25) is 5.88 Å². The van der Waals surface area contributed by atoms with E-state index in [1.807, 2.05) is 0 Å². The van der Waals surface area contributed by atoms with Crippen molar-refractivity contribution in [3.63, 3.8) is 0 Å². The molecule has 0 spiro atoms. The number of hydrogen-bond acceptors (Lipinski definition) is 7. The zero-order valence-electron chi connectivity index (χ0n) is 11.3. The van der Waals surface area contributed by atoms with E-state index in [0.29, 0.717) is 0 Å². The third-order valence-electron chi connectivity index (χ3n) is 2.87. The van der Waals surface area contributed by atoms with Crippen molar-refractivity contribution in [1.29, 1.82) is 5.26 Å². The average molecular weight is 297 g/mol. The summed E-state index contributed by atoms with van der Waals surface area (Å²) < 4.78 is 0. The molecule has 0 fully saturated rings. The van der Waals surface area contributed by atoms with Crippen LogP contribution in [0.3, 0.4) is 0 Å². The van der Waals surface area contributed by atoms with Gasteiger partial charge in [-0.15, -0.1) is 5.11 Å². The molecule has 0 atom stereocenters.